The monoisotopic (exact) mass is 323 g/mol. The number of nitrogens with zero attached hydrogens (tertiary/aromatic N) is 5. The maximum atomic E-state index is 12.5. The molecule has 1 amide bonds. The second kappa shape index (κ2) is 6.37. The molecule has 0 aliphatic carbocycles. The number of anilines is 1. The summed E-state index contributed by atoms with van der Waals surface area (Å²) in [5, 5.41) is 24.2. The smallest absolute Gasteiger partial charge is 0.269 e. The summed E-state index contributed by atoms with van der Waals surface area (Å²) in [5.41, 5.74) is 1.39. The van der Waals surface area contributed by atoms with Crippen molar-refractivity contribution in [3.63, 3.8) is 0 Å². The average Bonchev–Trinajstić information content (AvgIpc) is 2.88. The van der Waals surface area contributed by atoms with Crippen LogP contribution in [-0.2, 0) is 4.79 Å². The van der Waals surface area contributed by atoms with Crippen LogP contribution >= 0.6 is 0 Å². The number of hydrazone groups is 1. The van der Waals surface area contributed by atoms with Gasteiger partial charge in [0.1, 0.15) is 0 Å². The molecule has 8 nitrogen and oxygen atoms in total. The number of hydrogen-bond acceptors (Lipinski definition) is 6. The van der Waals surface area contributed by atoms with E-state index < -0.39 is 11.0 Å². The molecule has 1 aliphatic rings. The molecule has 0 aromatic heterocycles. The van der Waals surface area contributed by atoms with E-state index in [0.29, 0.717) is 17.1 Å². The van der Waals surface area contributed by atoms with Gasteiger partial charge in [0.2, 0.25) is 0 Å². The number of nitro benzene ring substituents is 1. The van der Waals surface area contributed by atoms with Gasteiger partial charge in [0, 0.05) is 12.1 Å². The highest BCUT2D eigenvalue weighted by Crippen LogP contribution is 2.24. The second-order valence-electron chi connectivity index (χ2n) is 5.12. The molecule has 3 rings (SSSR count). The van der Waals surface area contributed by atoms with E-state index in [1.54, 1.807) is 25.1 Å². The first kappa shape index (κ1) is 15.5. The van der Waals surface area contributed by atoms with Gasteiger partial charge < -0.3 is 0 Å². The van der Waals surface area contributed by atoms with Gasteiger partial charge in [-0.05, 0) is 25.1 Å². The Morgan fingerprint density at radius 2 is 1.92 bits per heavy atom. The quantitative estimate of drug-likeness (QED) is 0.489. The Morgan fingerprint density at radius 3 is 2.62 bits per heavy atom. The first-order valence-electron chi connectivity index (χ1n) is 7.15. The first-order valence-corrected chi connectivity index (χ1v) is 7.15. The molecule has 0 saturated heterocycles. The molecule has 2 aromatic rings. The molecule has 0 radical (unpaired) electrons. The molecule has 24 heavy (non-hydrogen) atoms. The van der Waals surface area contributed by atoms with Crippen molar-refractivity contribution in [1.82, 2.24) is 0 Å². The lowest BCUT2D eigenvalue weighted by atomic mass is 10.2. The fraction of sp³-hybridized carbons (Fsp3) is 0.125. The van der Waals surface area contributed by atoms with Gasteiger partial charge in [-0.3, -0.25) is 14.9 Å². The standard InChI is InChI=1S/C16H13N5O3/c1-11-15(16(22)20(19-11)13-7-3-2-4-8-13)18-17-12-6-5-9-14(10-12)21(23)24/h2-10,15H,1H3. The Balaban J connectivity index is 1.81. The summed E-state index contributed by atoms with van der Waals surface area (Å²) in [6.45, 7) is 1.69. The highest BCUT2D eigenvalue weighted by Gasteiger charge is 2.34. The second-order valence-corrected chi connectivity index (χ2v) is 5.12. The highest BCUT2D eigenvalue weighted by molar-refractivity contribution is 6.18. The van der Waals surface area contributed by atoms with E-state index in [9.17, 15) is 14.9 Å². The average molecular weight is 323 g/mol. The molecule has 2 aromatic carbocycles. The Hall–Kier alpha value is -3.42. The minimum absolute atomic E-state index is 0.0829. The van der Waals surface area contributed by atoms with Crippen LogP contribution in [0.2, 0.25) is 0 Å². The zero-order valence-corrected chi connectivity index (χ0v) is 12.7. The highest BCUT2D eigenvalue weighted by atomic mass is 16.6. The lowest BCUT2D eigenvalue weighted by Crippen LogP contribution is -2.29. The van der Waals surface area contributed by atoms with Crippen molar-refractivity contribution < 1.29 is 9.72 Å². The van der Waals surface area contributed by atoms with Crippen molar-refractivity contribution in [2.45, 2.75) is 13.0 Å². The topological polar surface area (TPSA) is 101 Å². The molecule has 0 fully saturated rings. The molecular formula is C16H13N5O3. The summed E-state index contributed by atoms with van der Waals surface area (Å²) in [6.07, 6.45) is 0. The van der Waals surface area contributed by atoms with Crippen molar-refractivity contribution >= 4 is 28.7 Å². The van der Waals surface area contributed by atoms with Crippen molar-refractivity contribution in [2.75, 3.05) is 5.01 Å². The number of hydrogen-bond donors (Lipinski definition) is 0. The number of benzene rings is 2. The van der Waals surface area contributed by atoms with E-state index >= 15 is 0 Å². The number of non-ortho nitro benzene ring substituents is 1. The van der Waals surface area contributed by atoms with Gasteiger partial charge in [0.25, 0.3) is 11.6 Å². The molecule has 0 spiro atoms. The fourth-order valence-electron chi connectivity index (χ4n) is 2.24. The van der Waals surface area contributed by atoms with Gasteiger partial charge in [-0.2, -0.15) is 20.3 Å². The van der Waals surface area contributed by atoms with E-state index in [4.69, 9.17) is 0 Å². The van der Waals surface area contributed by atoms with Crippen molar-refractivity contribution in [3.05, 3.63) is 64.7 Å². The minimum Gasteiger partial charge on any atom is -0.269 e. The maximum Gasteiger partial charge on any atom is 0.280 e. The Kier molecular flexibility index (Phi) is 4.11. The molecular weight excluding hydrogens is 310 g/mol. The molecule has 8 heteroatoms. The van der Waals surface area contributed by atoms with Crippen molar-refractivity contribution in [2.24, 2.45) is 15.3 Å². The number of amides is 1. The van der Waals surface area contributed by atoms with E-state index in [-0.39, 0.29) is 11.6 Å². The molecule has 1 aliphatic heterocycles. The fourth-order valence-corrected chi connectivity index (χ4v) is 2.24. The lowest BCUT2D eigenvalue weighted by molar-refractivity contribution is -0.384. The van der Waals surface area contributed by atoms with Crippen LogP contribution < -0.4 is 5.01 Å². The third-order valence-corrected chi connectivity index (χ3v) is 3.43. The zero-order valence-electron chi connectivity index (χ0n) is 12.7. The van der Waals surface area contributed by atoms with Crippen LogP contribution in [0, 0.1) is 10.1 Å². The molecule has 0 N–H and O–H groups in total. The Bertz CT molecular complexity index is 848. The number of nitro groups is 1. The SMILES string of the molecule is CC1=NN(c2ccccc2)C(=O)C1N=Nc1cccc([N+](=O)[O-])c1. The predicted molar refractivity (Wildman–Crippen MR) is 88.4 cm³/mol. The summed E-state index contributed by atoms with van der Waals surface area (Å²) < 4.78 is 0. The normalized spacial score (nSPS) is 17.4. The number of rotatable bonds is 4. The largest absolute Gasteiger partial charge is 0.280 e. The summed E-state index contributed by atoms with van der Waals surface area (Å²) in [4.78, 5) is 22.7. The molecule has 0 saturated carbocycles. The van der Waals surface area contributed by atoms with Crippen molar-refractivity contribution in [1.29, 1.82) is 0 Å². The predicted octanol–water partition coefficient (Wildman–Crippen LogP) is 3.47. The molecule has 1 heterocycles. The van der Waals surface area contributed by atoms with Gasteiger partial charge in [0.05, 0.1) is 22.0 Å². The van der Waals surface area contributed by atoms with Gasteiger partial charge in [0.15, 0.2) is 6.04 Å². The zero-order chi connectivity index (χ0) is 17.1. The van der Waals surface area contributed by atoms with Crippen molar-refractivity contribution in [3.8, 4) is 0 Å². The number of azo groups is 1. The third kappa shape index (κ3) is 3.02. The third-order valence-electron chi connectivity index (χ3n) is 3.43. The maximum absolute atomic E-state index is 12.5. The molecule has 0 bridgehead atoms. The summed E-state index contributed by atoms with van der Waals surface area (Å²) >= 11 is 0. The van der Waals surface area contributed by atoms with E-state index in [2.05, 4.69) is 15.3 Å². The van der Waals surface area contributed by atoms with E-state index in [0.717, 1.165) is 0 Å². The van der Waals surface area contributed by atoms with Crippen LogP contribution in [0.25, 0.3) is 0 Å². The molecule has 1 atom stereocenters. The number of para-hydroxylation sites is 1. The Morgan fingerprint density at radius 1 is 1.17 bits per heavy atom. The van der Waals surface area contributed by atoms with Crippen LogP contribution in [-0.4, -0.2) is 22.6 Å². The molecule has 120 valence electrons. The van der Waals surface area contributed by atoms with Crippen LogP contribution in [0.4, 0.5) is 17.1 Å². The van der Waals surface area contributed by atoms with Gasteiger partial charge in [-0.25, -0.2) is 0 Å². The van der Waals surface area contributed by atoms with E-state index in [1.807, 2.05) is 18.2 Å². The number of carbonyl (C=O) groups is 1. The Labute approximate surface area is 137 Å². The summed E-state index contributed by atoms with van der Waals surface area (Å²) in [7, 11) is 0. The lowest BCUT2D eigenvalue weighted by Gasteiger charge is -2.11. The van der Waals surface area contributed by atoms with Gasteiger partial charge in [-0.15, -0.1) is 0 Å². The van der Waals surface area contributed by atoms with Crippen LogP contribution in [0.1, 0.15) is 6.92 Å². The first-order chi connectivity index (χ1) is 11.6. The minimum atomic E-state index is -0.829. The van der Waals surface area contributed by atoms with Crippen LogP contribution in [0.3, 0.4) is 0 Å². The van der Waals surface area contributed by atoms with E-state index in [1.165, 1.54) is 23.2 Å². The van der Waals surface area contributed by atoms with Crippen LogP contribution in [0.5, 0.6) is 0 Å². The molecule has 1 unspecified atom stereocenters. The summed E-state index contributed by atoms with van der Waals surface area (Å²) in [6, 6.07) is 13.9. The van der Waals surface area contributed by atoms with Gasteiger partial charge >= 0.3 is 0 Å². The summed E-state index contributed by atoms with van der Waals surface area (Å²) in [5.74, 6) is -0.312. The van der Waals surface area contributed by atoms with Crippen LogP contribution in [0.15, 0.2) is 69.9 Å². The number of carbonyl (C=O) groups excluding carboxylic acids is 1. The van der Waals surface area contributed by atoms with Gasteiger partial charge in [-0.1, -0.05) is 24.3 Å².